The molecule has 2 aliphatic heterocycles. The van der Waals surface area contributed by atoms with Crippen molar-refractivity contribution in [3.8, 4) is 0 Å². The first kappa shape index (κ1) is 23.5. The van der Waals surface area contributed by atoms with E-state index in [9.17, 15) is 13.2 Å². The fourth-order valence-corrected chi connectivity index (χ4v) is 3.64. The van der Waals surface area contributed by atoms with Crippen LogP contribution in [0.4, 0.5) is 13.2 Å². The van der Waals surface area contributed by atoms with Gasteiger partial charge in [-0.15, -0.1) is 24.8 Å². The fraction of sp³-hybridized carbons (Fsp3) is 0.667. The number of alkyl halides is 3. The van der Waals surface area contributed by atoms with E-state index in [4.69, 9.17) is 4.74 Å². The number of hydrogen-bond donors (Lipinski definition) is 1. The predicted octanol–water partition coefficient (Wildman–Crippen LogP) is 3.79. The molecule has 1 aromatic rings. The number of nitrogens with one attached hydrogen (secondary N) is 1. The van der Waals surface area contributed by atoms with Crippen LogP contribution in [0.1, 0.15) is 24.0 Å². The monoisotopic (exact) mass is 414 g/mol. The molecule has 3 nitrogen and oxygen atoms in total. The molecule has 0 saturated carbocycles. The summed E-state index contributed by atoms with van der Waals surface area (Å²) in [5, 5.41) is 3.38. The van der Waals surface area contributed by atoms with Crippen LogP contribution in [0.2, 0.25) is 0 Å². The molecular weight excluding hydrogens is 388 g/mol. The first-order chi connectivity index (χ1) is 11.5. The smallest absolute Gasteiger partial charge is 0.375 e. The molecule has 2 heterocycles. The van der Waals surface area contributed by atoms with Crippen molar-refractivity contribution in [3.63, 3.8) is 0 Å². The summed E-state index contributed by atoms with van der Waals surface area (Å²) in [4.78, 5) is 2.41. The van der Waals surface area contributed by atoms with Crippen LogP contribution in [0, 0.1) is 5.92 Å². The van der Waals surface area contributed by atoms with Crippen molar-refractivity contribution in [1.29, 1.82) is 0 Å². The lowest BCUT2D eigenvalue weighted by atomic mass is 9.97. The Morgan fingerprint density at radius 3 is 2.58 bits per heavy atom. The van der Waals surface area contributed by atoms with Crippen LogP contribution in [0.3, 0.4) is 0 Å². The van der Waals surface area contributed by atoms with E-state index in [0.717, 1.165) is 44.7 Å². The van der Waals surface area contributed by atoms with Gasteiger partial charge in [0.25, 0.3) is 0 Å². The third-order valence-corrected chi connectivity index (χ3v) is 4.92. The van der Waals surface area contributed by atoms with E-state index >= 15 is 0 Å². The van der Waals surface area contributed by atoms with E-state index in [2.05, 4.69) is 10.2 Å². The second-order valence-electron chi connectivity index (χ2n) is 6.85. The second-order valence-corrected chi connectivity index (χ2v) is 6.85. The van der Waals surface area contributed by atoms with Gasteiger partial charge in [-0.2, -0.15) is 13.2 Å². The SMILES string of the molecule is Cl.Cl.FC(F)(F)c1cccc(CC2CN(CC3CCNCC3)CCO2)c1. The van der Waals surface area contributed by atoms with Crippen LogP contribution < -0.4 is 5.32 Å². The molecule has 0 radical (unpaired) electrons. The van der Waals surface area contributed by atoms with E-state index in [-0.39, 0.29) is 30.9 Å². The summed E-state index contributed by atoms with van der Waals surface area (Å²) in [6.45, 7) is 5.63. The summed E-state index contributed by atoms with van der Waals surface area (Å²) in [6, 6.07) is 5.60. The van der Waals surface area contributed by atoms with Crippen LogP contribution >= 0.6 is 24.8 Å². The molecule has 0 amide bonds. The summed E-state index contributed by atoms with van der Waals surface area (Å²) in [7, 11) is 0. The van der Waals surface area contributed by atoms with Gasteiger partial charge in [-0.25, -0.2) is 0 Å². The topological polar surface area (TPSA) is 24.5 Å². The number of halogens is 5. The minimum Gasteiger partial charge on any atom is -0.375 e. The zero-order chi connectivity index (χ0) is 17.0. The third-order valence-electron chi connectivity index (χ3n) is 4.92. The Balaban J connectivity index is 0.00000169. The number of rotatable bonds is 4. The van der Waals surface area contributed by atoms with Gasteiger partial charge in [-0.3, -0.25) is 4.90 Å². The summed E-state index contributed by atoms with van der Waals surface area (Å²) < 4.78 is 44.3. The summed E-state index contributed by atoms with van der Waals surface area (Å²) in [6.07, 6.45) is -1.37. The average molecular weight is 415 g/mol. The van der Waals surface area contributed by atoms with Crippen molar-refractivity contribution >= 4 is 24.8 Å². The minimum atomic E-state index is -4.29. The molecule has 1 aromatic carbocycles. The molecule has 3 rings (SSSR count). The molecule has 26 heavy (non-hydrogen) atoms. The number of benzene rings is 1. The van der Waals surface area contributed by atoms with Crippen LogP contribution in [0.25, 0.3) is 0 Å². The highest BCUT2D eigenvalue weighted by Gasteiger charge is 2.31. The molecule has 0 bridgehead atoms. The molecule has 2 aliphatic rings. The number of hydrogen-bond acceptors (Lipinski definition) is 3. The minimum absolute atomic E-state index is 0. The highest BCUT2D eigenvalue weighted by atomic mass is 35.5. The Bertz CT molecular complexity index is 539. The second kappa shape index (κ2) is 10.7. The van der Waals surface area contributed by atoms with Crippen molar-refractivity contribution in [1.82, 2.24) is 10.2 Å². The van der Waals surface area contributed by atoms with Crippen LogP contribution in [0.5, 0.6) is 0 Å². The van der Waals surface area contributed by atoms with Crippen LogP contribution in [-0.2, 0) is 17.3 Å². The van der Waals surface area contributed by atoms with E-state index in [1.807, 2.05) is 0 Å². The Morgan fingerprint density at radius 1 is 1.15 bits per heavy atom. The van der Waals surface area contributed by atoms with E-state index in [1.54, 1.807) is 6.07 Å². The lowest BCUT2D eigenvalue weighted by Gasteiger charge is -2.36. The highest BCUT2D eigenvalue weighted by molar-refractivity contribution is 5.85. The van der Waals surface area contributed by atoms with Crippen LogP contribution in [0.15, 0.2) is 24.3 Å². The molecule has 150 valence electrons. The van der Waals surface area contributed by atoms with Gasteiger partial charge in [0.05, 0.1) is 18.3 Å². The van der Waals surface area contributed by atoms with Gasteiger partial charge >= 0.3 is 6.18 Å². The maximum Gasteiger partial charge on any atom is 0.416 e. The normalized spacial score (nSPS) is 22.3. The Morgan fingerprint density at radius 2 is 1.88 bits per heavy atom. The third kappa shape index (κ3) is 6.89. The largest absolute Gasteiger partial charge is 0.416 e. The van der Waals surface area contributed by atoms with Crippen molar-refractivity contribution in [2.75, 3.05) is 39.3 Å². The molecule has 1 unspecified atom stereocenters. The summed E-state index contributed by atoms with van der Waals surface area (Å²) in [5.74, 6) is 0.721. The zero-order valence-electron chi connectivity index (χ0n) is 14.6. The van der Waals surface area contributed by atoms with E-state index < -0.39 is 11.7 Å². The maximum absolute atomic E-state index is 12.8. The van der Waals surface area contributed by atoms with E-state index in [1.165, 1.54) is 25.0 Å². The van der Waals surface area contributed by atoms with Crippen molar-refractivity contribution in [2.45, 2.75) is 31.5 Å². The number of piperidine rings is 1. The van der Waals surface area contributed by atoms with Crippen molar-refractivity contribution in [3.05, 3.63) is 35.4 Å². The number of morpholine rings is 1. The van der Waals surface area contributed by atoms with Gasteiger partial charge in [0.15, 0.2) is 0 Å². The van der Waals surface area contributed by atoms with Gasteiger partial charge in [-0.05, 0) is 49.9 Å². The fourth-order valence-electron chi connectivity index (χ4n) is 3.64. The molecule has 1 N–H and O–H groups in total. The van der Waals surface area contributed by atoms with Crippen molar-refractivity contribution < 1.29 is 17.9 Å². The summed E-state index contributed by atoms with van der Waals surface area (Å²) in [5.41, 5.74) is 0.112. The lowest BCUT2D eigenvalue weighted by molar-refractivity contribution is -0.137. The van der Waals surface area contributed by atoms with E-state index in [0.29, 0.717) is 18.6 Å². The number of nitrogens with zero attached hydrogens (tertiary/aromatic N) is 1. The van der Waals surface area contributed by atoms with Crippen LogP contribution in [-0.4, -0.2) is 50.3 Å². The van der Waals surface area contributed by atoms with Gasteiger partial charge in [0, 0.05) is 19.6 Å². The molecule has 0 spiro atoms. The lowest BCUT2D eigenvalue weighted by Crippen LogP contribution is -2.46. The van der Waals surface area contributed by atoms with Crippen molar-refractivity contribution in [2.24, 2.45) is 5.92 Å². The van der Waals surface area contributed by atoms with Gasteiger partial charge in [-0.1, -0.05) is 18.2 Å². The molecule has 2 saturated heterocycles. The molecular formula is C18H27Cl2F3N2O. The molecule has 0 aliphatic carbocycles. The number of ether oxygens (including phenoxy) is 1. The summed E-state index contributed by atoms with van der Waals surface area (Å²) >= 11 is 0. The molecule has 0 aromatic heterocycles. The predicted molar refractivity (Wildman–Crippen MR) is 101 cm³/mol. The first-order valence-corrected chi connectivity index (χ1v) is 8.71. The Labute approximate surface area is 165 Å². The molecule has 8 heteroatoms. The van der Waals surface area contributed by atoms with Gasteiger partial charge in [0.1, 0.15) is 0 Å². The molecule has 1 atom stereocenters. The Kier molecular flexibility index (Phi) is 9.69. The Hall–Kier alpha value is -0.530. The maximum atomic E-state index is 12.8. The zero-order valence-corrected chi connectivity index (χ0v) is 16.3. The standard InChI is InChI=1S/C18H25F3N2O.2ClH/c19-18(20,21)16-3-1-2-15(10-16)11-17-13-23(8-9-24-17)12-14-4-6-22-7-5-14;;/h1-3,10,14,17,22H,4-9,11-13H2;2*1H. The highest BCUT2D eigenvalue weighted by Crippen LogP contribution is 2.30. The van der Waals surface area contributed by atoms with Gasteiger partial charge < -0.3 is 10.1 Å². The molecule has 2 fully saturated rings. The quantitative estimate of drug-likeness (QED) is 0.810. The van der Waals surface area contributed by atoms with Gasteiger partial charge in [0.2, 0.25) is 0 Å². The average Bonchev–Trinajstić information content (AvgIpc) is 2.56. The first-order valence-electron chi connectivity index (χ1n) is 8.71.